The van der Waals surface area contributed by atoms with Crippen LogP contribution in [0.25, 0.3) is 28.9 Å². The molecule has 1 nitrogen and oxygen atoms in total. The zero-order chi connectivity index (χ0) is 93.9. The SMILES string of the molecule is COc1ccc(/C=C2\CCc3cccc(CCc4ccc(C)cc4)c32)cc1.Cc1ccc(CCc2cccc3c2/C(=C/c2cc(Cl)cc(Cl)c2)CC3)cc1.Cc1ccc(CCc2cccc3c2C(Cc2cc(C)cc(C)c2)CC3)cc1.Cc1ccc(CCc2cccc3c2C(Cc2cc(Cl)cc(Cl)c2)=CC3)cc1.Cc1ccc(CCc2cccc3c2C(Cc2cc(Cl)cc(Cl)c2)CC3)cc1. The van der Waals surface area contributed by atoms with Crippen molar-refractivity contribution in [1.82, 2.24) is 0 Å². The van der Waals surface area contributed by atoms with Crippen LogP contribution in [0.2, 0.25) is 30.1 Å². The Labute approximate surface area is 834 Å². The smallest absolute Gasteiger partial charge is 0.118 e. The molecule has 0 radical (unpaired) electrons. The Kier molecular flexibility index (Phi) is 33.6. The quantitative estimate of drug-likeness (QED) is 0.0586. The molecule has 0 N–H and O–H groups in total. The van der Waals surface area contributed by atoms with Crippen molar-refractivity contribution in [3.8, 4) is 5.75 Å². The topological polar surface area (TPSA) is 9.23 Å². The van der Waals surface area contributed by atoms with Gasteiger partial charge in [0.05, 0.1) is 7.11 Å². The molecular formula is C128H124Cl6O. The van der Waals surface area contributed by atoms with Gasteiger partial charge < -0.3 is 4.74 Å². The van der Waals surface area contributed by atoms with Gasteiger partial charge in [-0.3, -0.25) is 0 Å². The number of hydrogen-bond acceptors (Lipinski definition) is 1. The van der Waals surface area contributed by atoms with Crippen molar-refractivity contribution in [2.45, 2.75) is 202 Å². The fourth-order valence-corrected chi connectivity index (χ4v) is 22.6. The van der Waals surface area contributed by atoms with Crippen LogP contribution >= 0.6 is 69.6 Å². The average molecular weight is 1890 g/mol. The van der Waals surface area contributed by atoms with Crippen LogP contribution in [0.15, 0.2) is 315 Å². The summed E-state index contributed by atoms with van der Waals surface area (Å²) in [4.78, 5) is 0. The lowest BCUT2D eigenvalue weighted by molar-refractivity contribution is 0.415. The lowest BCUT2D eigenvalue weighted by Crippen LogP contribution is -2.04. The highest BCUT2D eigenvalue weighted by Crippen LogP contribution is 2.44. The van der Waals surface area contributed by atoms with E-state index in [0.29, 0.717) is 31.9 Å². The Morgan fingerprint density at radius 3 is 0.978 bits per heavy atom. The van der Waals surface area contributed by atoms with Crippen LogP contribution in [0, 0.1) is 48.5 Å². The molecule has 0 aromatic heterocycles. The zero-order valence-electron chi connectivity index (χ0n) is 79.6. The Hall–Kier alpha value is -10.9. The van der Waals surface area contributed by atoms with Gasteiger partial charge in [-0.25, -0.2) is 0 Å². The summed E-state index contributed by atoms with van der Waals surface area (Å²) in [5.74, 6) is 2.14. The first-order chi connectivity index (χ1) is 65.5. The maximum atomic E-state index is 6.21. The average Bonchev–Trinajstić information content (AvgIpc) is 1.68. The summed E-state index contributed by atoms with van der Waals surface area (Å²) in [5.41, 5.74) is 49.4. The molecule has 2 unspecified atom stereocenters. The van der Waals surface area contributed by atoms with Crippen LogP contribution in [0.5, 0.6) is 5.75 Å². The maximum Gasteiger partial charge on any atom is 0.118 e. The molecule has 0 heterocycles. The van der Waals surface area contributed by atoms with Crippen LogP contribution in [-0.2, 0) is 116 Å². The summed E-state index contributed by atoms with van der Waals surface area (Å²) in [6.07, 6.45) is 31.3. The van der Waals surface area contributed by atoms with E-state index in [9.17, 15) is 0 Å². The first-order valence-corrected chi connectivity index (χ1v) is 50.8. The standard InChI is InChI=1S/C27H30.C26H26O.C25H24Cl2.2C25H22Cl2/c1-19-7-9-22(10-8-19)11-12-24-5-4-6-25-13-14-26(27(24)25)18-23-16-20(2)15-21(3)17-23;1-19-6-8-20(9-7-19)10-13-22-4-3-5-23-14-15-24(26(22)23)18-21-11-16-25(27-2)17-12-21;3*1-17-5-7-18(8-6-17)9-10-20-3-2-4-21-11-12-22(25(20)21)13-19-14-23(26)16-24(27)15-19/h4-10,15-17,26H,11-14,18H2,1-3H3;3-9,11-12,16-18H,10,13-15H2,1-2H3;2-8,14-16,22H,9-13H2,1H3;2-8,13-16H,9-12H2,1H3;2-8,12,14-16H,9-11,13H2,1H3/b;24-18+;;22-13+;. The number of ether oxygens (including phenoxy) is 1. The minimum absolute atomic E-state index is 0.559. The van der Waals surface area contributed by atoms with Crippen molar-refractivity contribution in [3.63, 3.8) is 0 Å². The highest BCUT2D eigenvalue weighted by Gasteiger charge is 2.29. The molecule has 20 rings (SSSR count). The molecule has 135 heavy (non-hydrogen) atoms. The third kappa shape index (κ3) is 26.9. The van der Waals surface area contributed by atoms with Gasteiger partial charge in [0.2, 0.25) is 0 Å². The summed E-state index contributed by atoms with van der Waals surface area (Å²) in [6.45, 7) is 15.1. The molecule has 0 spiro atoms. The van der Waals surface area contributed by atoms with Crippen molar-refractivity contribution < 1.29 is 4.74 Å². The van der Waals surface area contributed by atoms with Gasteiger partial charge in [-0.15, -0.1) is 0 Å². The number of halogens is 6. The van der Waals surface area contributed by atoms with Gasteiger partial charge in [0.15, 0.2) is 0 Å². The second-order valence-electron chi connectivity index (χ2n) is 38.1. The summed E-state index contributed by atoms with van der Waals surface area (Å²) in [7, 11) is 1.71. The highest BCUT2D eigenvalue weighted by molar-refractivity contribution is 6.36. The summed E-state index contributed by atoms with van der Waals surface area (Å²) >= 11 is 37.2. The van der Waals surface area contributed by atoms with Gasteiger partial charge in [-0.1, -0.05) is 369 Å². The monoisotopic (exact) mass is 1890 g/mol. The van der Waals surface area contributed by atoms with Gasteiger partial charge in [0.1, 0.15) is 5.75 Å². The predicted molar refractivity (Wildman–Crippen MR) is 581 cm³/mol. The first-order valence-electron chi connectivity index (χ1n) is 48.6. The Bertz CT molecular complexity index is 6460. The van der Waals surface area contributed by atoms with E-state index < -0.39 is 0 Å². The van der Waals surface area contributed by atoms with Crippen molar-refractivity contribution >= 4 is 98.5 Å². The number of aryl methyl sites for hydroxylation is 21. The number of benzene rings is 15. The van der Waals surface area contributed by atoms with Crippen LogP contribution in [0.1, 0.15) is 216 Å². The summed E-state index contributed by atoms with van der Waals surface area (Å²) in [5, 5.41) is 4.21. The summed E-state index contributed by atoms with van der Waals surface area (Å²) in [6, 6.07) is 112. The number of fused-ring (bicyclic) bond motifs is 5. The fourth-order valence-electron chi connectivity index (χ4n) is 20.9. The molecule has 0 amide bonds. The van der Waals surface area contributed by atoms with Crippen LogP contribution in [0.3, 0.4) is 0 Å². The highest BCUT2D eigenvalue weighted by atomic mass is 35.5. The minimum atomic E-state index is 0.559. The number of hydrogen-bond donors (Lipinski definition) is 0. The first kappa shape index (κ1) is 97.2. The predicted octanol–water partition coefficient (Wildman–Crippen LogP) is 35.1. The molecule has 5 aliphatic rings. The van der Waals surface area contributed by atoms with E-state index in [2.05, 4.69) is 321 Å². The lowest BCUT2D eigenvalue weighted by atomic mass is 9.87. The third-order valence-electron chi connectivity index (χ3n) is 27.7. The van der Waals surface area contributed by atoms with Gasteiger partial charge in [-0.2, -0.15) is 0 Å². The summed E-state index contributed by atoms with van der Waals surface area (Å²) < 4.78 is 5.28. The van der Waals surface area contributed by atoms with Crippen molar-refractivity contribution in [2.24, 2.45) is 0 Å². The van der Waals surface area contributed by atoms with Crippen LogP contribution in [-0.4, -0.2) is 7.11 Å². The molecule has 15 aromatic carbocycles. The molecular weight excluding hydrogens is 1770 g/mol. The molecule has 2 atom stereocenters. The Balaban J connectivity index is 0.000000123. The van der Waals surface area contributed by atoms with Crippen molar-refractivity contribution in [1.29, 1.82) is 0 Å². The van der Waals surface area contributed by atoms with Crippen LogP contribution < -0.4 is 4.74 Å². The molecule has 5 aliphatic carbocycles. The molecule has 15 aromatic rings. The normalized spacial score (nSPS) is 14.6. The molecule has 7 heteroatoms. The van der Waals surface area contributed by atoms with E-state index in [-0.39, 0.29) is 0 Å². The van der Waals surface area contributed by atoms with E-state index in [1.165, 1.54) is 199 Å². The van der Waals surface area contributed by atoms with Crippen molar-refractivity contribution in [2.75, 3.05) is 7.11 Å². The van der Waals surface area contributed by atoms with E-state index in [4.69, 9.17) is 74.3 Å². The van der Waals surface area contributed by atoms with E-state index in [1.54, 1.807) is 41.5 Å². The second kappa shape index (κ2) is 46.7. The van der Waals surface area contributed by atoms with Crippen LogP contribution in [0.4, 0.5) is 0 Å². The molecule has 0 saturated carbocycles. The number of rotatable bonds is 24. The molecule has 0 aliphatic heterocycles. The maximum absolute atomic E-state index is 6.21. The fraction of sp³-hybridized carbons (Fsp3) is 0.250. The lowest BCUT2D eigenvalue weighted by Gasteiger charge is -2.17. The van der Waals surface area contributed by atoms with Crippen molar-refractivity contribution in [3.05, 3.63) is 524 Å². The van der Waals surface area contributed by atoms with E-state index >= 15 is 0 Å². The van der Waals surface area contributed by atoms with Gasteiger partial charge in [0, 0.05) is 30.1 Å². The number of allylic oxidation sites excluding steroid dienone is 4. The second-order valence-corrected chi connectivity index (χ2v) is 40.7. The Morgan fingerprint density at radius 1 is 0.267 bits per heavy atom. The Morgan fingerprint density at radius 2 is 0.593 bits per heavy atom. The molecule has 0 bridgehead atoms. The number of methoxy groups -OCH3 is 1. The van der Waals surface area contributed by atoms with E-state index in [1.807, 2.05) is 42.5 Å². The molecule has 684 valence electrons. The van der Waals surface area contributed by atoms with Gasteiger partial charge >= 0.3 is 0 Å². The van der Waals surface area contributed by atoms with E-state index in [0.717, 1.165) is 131 Å². The van der Waals surface area contributed by atoms with Gasteiger partial charge in [-0.05, 0) is 424 Å². The van der Waals surface area contributed by atoms with Gasteiger partial charge in [0.25, 0.3) is 0 Å². The molecule has 0 saturated heterocycles. The zero-order valence-corrected chi connectivity index (χ0v) is 84.1. The minimum Gasteiger partial charge on any atom is -0.497 e. The molecule has 0 fully saturated rings. The third-order valence-corrected chi connectivity index (χ3v) is 29.0. The largest absolute Gasteiger partial charge is 0.497 e.